The minimum Gasteiger partial charge on any atom is -0.492 e. The molecule has 1 saturated heterocycles. The fourth-order valence-corrected chi connectivity index (χ4v) is 2.32. The number of rotatable bonds is 5. The number of carbonyl (C=O) groups excluding carboxylic acids is 1. The molecule has 0 spiro atoms. The summed E-state index contributed by atoms with van der Waals surface area (Å²) in [6.07, 6.45) is 0.929. The summed E-state index contributed by atoms with van der Waals surface area (Å²) in [6, 6.07) is 7.27. The highest BCUT2D eigenvalue weighted by Crippen LogP contribution is 2.17. The molecular weight excluding hydrogens is 299 g/mol. The van der Waals surface area contributed by atoms with Gasteiger partial charge in [0.25, 0.3) is 0 Å². The van der Waals surface area contributed by atoms with Crippen LogP contribution in [0.4, 0.5) is 0 Å². The Labute approximate surface area is 130 Å². The largest absolute Gasteiger partial charge is 0.492 e. The Bertz CT molecular complexity index is 437. The predicted molar refractivity (Wildman–Crippen MR) is 82.8 cm³/mol. The minimum atomic E-state index is 0. The smallest absolute Gasteiger partial charge is 0.226 e. The molecule has 112 valence electrons. The summed E-state index contributed by atoms with van der Waals surface area (Å²) in [6.45, 7) is 2.78. The van der Waals surface area contributed by atoms with Crippen LogP contribution >= 0.6 is 24.0 Å². The van der Waals surface area contributed by atoms with Gasteiger partial charge in [-0.25, -0.2) is 0 Å². The lowest BCUT2D eigenvalue weighted by molar-refractivity contribution is -0.133. The molecule has 4 nitrogen and oxygen atoms in total. The fourth-order valence-electron chi connectivity index (χ4n) is 2.14. The van der Waals surface area contributed by atoms with Gasteiger partial charge < -0.3 is 15.0 Å². The number of benzene rings is 1. The van der Waals surface area contributed by atoms with Crippen molar-refractivity contribution >= 4 is 29.9 Å². The van der Waals surface area contributed by atoms with Gasteiger partial charge in [-0.2, -0.15) is 0 Å². The lowest BCUT2D eigenvalue weighted by atomic mass is 10.1. The Hall–Kier alpha value is -0.970. The molecule has 1 aliphatic rings. The summed E-state index contributed by atoms with van der Waals surface area (Å²) in [4.78, 5) is 13.8. The van der Waals surface area contributed by atoms with Gasteiger partial charge in [0.2, 0.25) is 5.91 Å². The van der Waals surface area contributed by atoms with Gasteiger partial charge in [-0.3, -0.25) is 4.79 Å². The van der Waals surface area contributed by atoms with Crippen LogP contribution in [-0.2, 0) is 4.79 Å². The van der Waals surface area contributed by atoms with E-state index in [-0.39, 0.29) is 24.2 Å². The highest BCUT2D eigenvalue weighted by molar-refractivity contribution is 6.30. The van der Waals surface area contributed by atoms with Crippen molar-refractivity contribution in [1.82, 2.24) is 10.2 Å². The normalized spacial score (nSPS) is 17.4. The lowest BCUT2D eigenvalue weighted by Crippen LogP contribution is -2.36. The Kier molecular flexibility index (Phi) is 7.13. The van der Waals surface area contributed by atoms with Crippen LogP contribution in [0.1, 0.15) is 6.42 Å². The second kappa shape index (κ2) is 8.35. The van der Waals surface area contributed by atoms with Gasteiger partial charge in [0, 0.05) is 18.6 Å². The molecule has 0 saturated carbocycles. The number of ether oxygens (including phenoxy) is 1. The van der Waals surface area contributed by atoms with Crippen LogP contribution in [0, 0.1) is 5.92 Å². The first-order valence-electron chi connectivity index (χ1n) is 6.51. The van der Waals surface area contributed by atoms with Gasteiger partial charge in [-0.05, 0) is 31.2 Å². The van der Waals surface area contributed by atoms with Crippen molar-refractivity contribution in [2.45, 2.75) is 6.42 Å². The van der Waals surface area contributed by atoms with E-state index >= 15 is 0 Å². The summed E-state index contributed by atoms with van der Waals surface area (Å²) in [5.74, 6) is 1.05. The molecule has 1 N–H and O–H groups in total. The quantitative estimate of drug-likeness (QED) is 0.905. The minimum absolute atomic E-state index is 0. The first kappa shape index (κ1) is 17.1. The molecule has 1 aromatic carbocycles. The zero-order chi connectivity index (χ0) is 13.7. The molecule has 1 atom stereocenters. The van der Waals surface area contributed by atoms with E-state index in [4.69, 9.17) is 16.3 Å². The predicted octanol–water partition coefficient (Wildman–Crippen LogP) is 2.21. The van der Waals surface area contributed by atoms with E-state index in [1.807, 2.05) is 19.2 Å². The van der Waals surface area contributed by atoms with Crippen molar-refractivity contribution in [2.75, 3.05) is 33.3 Å². The zero-order valence-corrected chi connectivity index (χ0v) is 13.0. The number of likely N-dealkylation sites (N-methyl/N-ethyl adjacent to an activating group) is 1. The molecule has 1 amide bonds. The standard InChI is InChI=1S/C14H19ClN2O2.ClH/c1-17(14(18)11-5-6-16-10-11)7-8-19-13-4-2-3-12(15)9-13;/h2-4,9,11,16H,5-8,10H2,1H3;1H. The molecule has 1 aliphatic heterocycles. The highest BCUT2D eigenvalue weighted by atomic mass is 35.5. The maximum Gasteiger partial charge on any atom is 0.226 e. The first-order valence-corrected chi connectivity index (χ1v) is 6.88. The molecule has 0 aromatic heterocycles. The van der Waals surface area contributed by atoms with Crippen molar-refractivity contribution in [2.24, 2.45) is 5.92 Å². The third kappa shape index (κ3) is 4.85. The number of hydrogen-bond donors (Lipinski definition) is 1. The maximum atomic E-state index is 12.1. The number of carbonyl (C=O) groups is 1. The number of halogens is 2. The molecule has 0 aliphatic carbocycles. The third-order valence-corrected chi connectivity index (χ3v) is 3.51. The summed E-state index contributed by atoms with van der Waals surface area (Å²) in [5, 5.41) is 3.85. The average molecular weight is 319 g/mol. The van der Waals surface area contributed by atoms with Crippen molar-refractivity contribution in [3.8, 4) is 5.75 Å². The van der Waals surface area contributed by atoms with Crippen LogP contribution in [0.15, 0.2) is 24.3 Å². The highest BCUT2D eigenvalue weighted by Gasteiger charge is 2.24. The summed E-state index contributed by atoms with van der Waals surface area (Å²) >= 11 is 5.87. The second-order valence-electron chi connectivity index (χ2n) is 4.76. The van der Waals surface area contributed by atoms with Crippen LogP contribution in [0.25, 0.3) is 0 Å². The van der Waals surface area contributed by atoms with E-state index in [2.05, 4.69) is 5.32 Å². The van der Waals surface area contributed by atoms with E-state index in [1.54, 1.807) is 17.0 Å². The van der Waals surface area contributed by atoms with Gasteiger partial charge in [-0.15, -0.1) is 12.4 Å². The Morgan fingerprint density at radius 3 is 3.00 bits per heavy atom. The number of amides is 1. The van der Waals surface area contributed by atoms with Crippen LogP contribution in [0.2, 0.25) is 5.02 Å². The molecule has 1 heterocycles. The topological polar surface area (TPSA) is 41.6 Å². The van der Waals surface area contributed by atoms with Crippen molar-refractivity contribution in [1.29, 1.82) is 0 Å². The molecule has 1 unspecified atom stereocenters. The van der Waals surface area contributed by atoms with E-state index in [0.29, 0.717) is 18.2 Å². The molecule has 20 heavy (non-hydrogen) atoms. The van der Waals surface area contributed by atoms with E-state index in [1.165, 1.54) is 0 Å². The average Bonchev–Trinajstić information content (AvgIpc) is 2.91. The molecule has 0 radical (unpaired) electrons. The first-order chi connectivity index (χ1) is 9.16. The Morgan fingerprint density at radius 2 is 2.35 bits per heavy atom. The third-order valence-electron chi connectivity index (χ3n) is 3.28. The molecule has 1 fully saturated rings. The second-order valence-corrected chi connectivity index (χ2v) is 5.19. The van der Waals surface area contributed by atoms with Gasteiger partial charge in [-0.1, -0.05) is 17.7 Å². The number of nitrogens with one attached hydrogen (secondary N) is 1. The lowest BCUT2D eigenvalue weighted by Gasteiger charge is -2.20. The van der Waals surface area contributed by atoms with Gasteiger partial charge in [0.1, 0.15) is 12.4 Å². The maximum absolute atomic E-state index is 12.1. The van der Waals surface area contributed by atoms with Gasteiger partial charge in [0.15, 0.2) is 0 Å². The zero-order valence-electron chi connectivity index (χ0n) is 11.5. The summed E-state index contributed by atoms with van der Waals surface area (Å²) < 4.78 is 5.58. The van der Waals surface area contributed by atoms with Crippen LogP contribution in [-0.4, -0.2) is 44.1 Å². The Balaban J connectivity index is 0.00000200. The van der Waals surface area contributed by atoms with Crippen LogP contribution in [0.3, 0.4) is 0 Å². The van der Waals surface area contributed by atoms with Crippen molar-refractivity contribution in [3.05, 3.63) is 29.3 Å². The molecule has 2 rings (SSSR count). The molecule has 0 bridgehead atoms. The van der Waals surface area contributed by atoms with Gasteiger partial charge in [0.05, 0.1) is 12.5 Å². The van der Waals surface area contributed by atoms with E-state index in [0.717, 1.165) is 25.3 Å². The molecule has 1 aromatic rings. The molecule has 6 heteroatoms. The number of hydrogen-bond acceptors (Lipinski definition) is 3. The van der Waals surface area contributed by atoms with Crippen LogP contribution < -0.4 is 10.1 Å². The van der Waals surface area contributed by atoms with Crippen molar-refractivity contribution < 1.29 is 9.53 Å². The number of nitrogens with zero attached hydrogens (tertiary/aromatic N) is 1. The summed E-state index contributed by atoms with van der Waals surface area (Å²) in [7, 11) is 1.82. The van der Waals surface area contributed by atoms with E-state index < -0.39 is 0 Å². The SMILES string of the molecule is CN(CCOc1cccc(Cl)c1)C(=O)C1CCNC1.Cl. The molecular formula is C14H20Cl2N2O2. The van der Waals surface area contributed by atoms with E-state index in [9.17, 15) is 4.79 Å². The summed E-state index contributed by atoms with van der Waals surface area (Å²) in [5.41, 5.74) is 0. The Morgan fingerprint density at radius 1 is 1.55 bits per heavy atom. The van der Waals surface area contributed by atoms with Crippen LogP contribution in [0.5, 0.6) is 5.75 Å². The van der Waals surface area contributed by atoms with Gasteiger partial charge >= 0.3 is 0 Å². The fraction of sp³-hybridized carbons (Fsp3) is 0.500. The van der Waals surface area contributed by atoms with Crippen molar-refractivity contribution in [3.63, 3.8) is 0 Å². The monoisotopic (exact) mass is 318 g/mol.